The summed E-state index contributed by atoms with van der Waals surface area (Å²) in [6.45, 7) is 5.10. The van der Waals surface area contributed by atoms with Gasteiger partial charge in [0.1, 0.15) is 12.4 Å². The smallest absolute Gasteiger partial charge is 0.224 e. The van der Waals surface area contributed by atoms with Gasteiger partial charge in [-0.2, -0.15) is 0 Å². The number of anilines is 1. The van der Waals surface area contributed by atoms with Gasteiger partial charge in [-0.1, -0.05) is 6.07 Å². The molecule has 122 valence electrons. The highest BCUT2D eigenvalue weighted by Gasteiger charge is 2.16. The minimum absolute atomic E-state index is 0.0485. The van der Waals surface area contributed by atoms with Crippen LogP contribution in [0.2, 0.25) is 0 Å². The van der Waals surface area contributed by atoms with Crippen molar-refractivity contribution < 1.29 is 14.3 Å². The van der Waals surface area contributed by atoms with E-state index in [0.29, 0.717) is 31.3 Å². The minimum Gasteiger partial charge on any atom is -0.489 e. The first kappa shape index (κ1) is 16.8. The lowest BCUT2D eigenvalue weighted by Gasteiger charge is -2.14. The molecule has 0 aromatic heterocycles. The van der Waals surface area contributed by atoms with E-state index in [9.17, 15) is 4.79 Å². The van der Waals surface area contributed by atoms with E-state index in [0.717, 1.165) is 30.8 Å². The van der Waals surface area contributed by atoms with E-state index in [2.05, 4.69) is 10.6 Å². The third kappa shape index (κ3) is 5.31. The molecule has 2 rings (SSSR count). The molecule has 0 radical (unpaired) electrons. The van der Waals surface area contributed by atoms with Crippen molar-refractivity contribution >= 4 is 11.6 Å². The topological polar surface area (TPSA) is 59.6 Å². The molecule has 1 aliphatic heterocycles. The highest BCUT2D eigenvalue weighted by atomic mass is 16.5. The van der Waals surface area contributed by atoms with E-state index in [1.54, 1.807) is 7.11 Å². The van der Waals surface area contributed by atoms with Gasteiger partial charge in [-0.15, -0.1) is 0 Å². The first-order valence-electron chi connectivity index (χ1n) is 7.92. The standard InChI is InChI=1S/C17H26N2O3/c1-13-3-5-15(16(11-13)22-10-9-21-2)19-17(20)6-4-14-7-8-18-12-14/h3,5,11,14,18H,4,6-10,12H2,1-2H3,(H,19,20). The van der Waals surface area contributed by atoms with Gasteiger partial charge in [-0.05, 0) is 56.5 Å². The Labute approximate surface area is 132 Å². The summed E-state index contributed by atoms with van der Waals surface area (Å²) >= 11 is 0. The fraction of sp³-hybridized carbons (Fsp3) is 0.588. The second-order valence-electron chi connectivity index (χ2n) is 5.79. The van der Waals surface area contributed by atoms with Gasteiger partial charge >= 0.3 is 0 Å². The Bertz CT molecular complexity index is 485. The van der Waals surface area contributed by atoms with E-state index in [1.165, 1.54) is 6.42 Å². The second-order valence-corrected chi connectivity index (χ2v) is 5.79. The van der Waals surface area contributed by atoms with Gasteiger partial charge < -0.3 is 20.1 Å². The van der Waals surface area contributed by atoms with E-state index in [1.807, 2.05) is 25.1 Å². The molecule has 1 unspecified atom stereocenters. The molecular formula is C17H26N2O3. The number of methoxy groups -OCH3 is 1. The van der Waals surface area contributed by atoms with Crippen LogP contribution in [0.1, 0.15) is 24.8 Å². The molecule has 5 heteroatoms. The van der Waals surface area contributed by atoms with Crippen molar-refractivity contribution in [3.63, 3.8) is 0 Å². The molecule has 1 fully saturated rings. The van der Waals surface area contributed by atoms with Crippen LogP contribution in [0, 0.1) is 12.8 Å². The third-order valence-corrected chi connectivity index (χ3v) is 3.90. The normalized spacial score (nSPS) is 17.5. The van der Waals surface area contributed by atoms with Crippen LogP contribution in [-0.4, -0.2) is 39.3 Å². The first-order chi connectivity index (χ1) is 10.7. The maximum Gasteiger partial charge on any atom is 0.224 e. The number of nitrogens with one attached hydrogen (secondary N) is 2. The van der Waals surface area contributed by atoms with Gasteiger partial charge in [-0.3, -0.25) is 4.79 Å². The summed E-state index contributed by atoms with van der Waals surface area (Å²) < 4.78 is 10.7. The summed E-state index contributed by atoms with van der Waals surface area (Å²) in [5, 5.41) is 6.29. The molecule has 0 bridgehead atoms. The zero-order valence-electron chi connectivity index (χ0n) is 13.5. The maximum absolute atomic E-state index is 12.1. The summed E-state index contributed by atoms with van der Waals surface area (Å²) in [5.74, 6) is 1.38. The van der Waals surface area contributed by atoms with E-state index in [4.69, 9.17) is 9.47 Å². The summed E-state index contributed by atoms with van der Waals surface area (Å²) in [7, 11) is 1.64. The van der Waals surface area contributed by atoms with Crippen molar-refractivity contribution in [3.05, 3.63) is 23.8 Å². The van der Waals surface area contributed by atoms with Crippen LogP contribution in [0.5, 0.6) is 5.75 Å². The van der Waals surface area contributed by atoms with Crippen molar-refractivity contribution in [3.8, 4) is 5.75 Å². The summed E-state index contributed by atoms with van der Waals surface area (Å²) in [6, 6.07) is 5.80. The lowest BCUT2D eigenvalue weighted by molar-refractivity contribution is -0.116. The van der Waals surface area contributed by atoms with Crippen molar-refractivity contribution in [1.29, 1.82) is 0 Å². The Balaban J connectivity index is 1.87. The fourth-order valence-electron chi connectivity index (χ4n) is 2.60. The van der Waals surface area contributed by atoms with Crippen molar-refractivity contribution in [2.75, 3.05) is 38.7 Å². The lowest BCUT2D eigenvalue weighted by Crippen LogP contribution is -2.16. The molecule has 1 saturated heterocycles. The van der Waals surface area contributed by atoms with E-state index in [-0.39, 0.29) is 5.91 Å². The summed E-state index contributed by atoms with van der Waals surface area (Å²) in [6.07, 6.45) is 2.66. The number of hydrogen-bond donors (Lipinski definition) is 2. The molecule has 22 heavy (non-hydrogen) atoms. The summed E-state index contributed by atoms with van der Waals surface area (Å²) in [5.41, 5.74) is 1.83. The average Bonchev–Trinajstić information content (AvgIpc) is 3.01. The highest BCUT2D eigenvalue weighted by molar-refractivity contribution is 5.92. The third-order valence-electron chi connectivity index (χ3n) is 3.90. The molecule has 1 amide bonds. The highest BCUT2D eigenvalue weighted by Crippen LogP contribution is 2.26. The number of hydrogen-bond acceptors (Lipinski definition) is 4. The number of amides is 1. The molecule has 0 saturated carbocycles. The van der Waals surface area contributed by atoms with Crippen LogP contribution in [0.3, 0.4) is 0 Å². The molecular weight excluding hydrogens is 280 g/mol. The number of benzene rings is 1. The van der Waals surface area contributed by atoms with E-state index >= 15 is 0 Å². The Morgan fingerprint density at radius 2 is 2.27 bits per heavy atom. The number of carbonyl (C=O) groups excluding carboxylic acids is 1. The average molecular weight is 306 g/mol. The van der Waals surface area contributed by atoms with Crippen LogP contribution in [0.4, 0.5) is 5.69 Å². The van der Waals surface area contributed by atoms with Crippen LogP contribution >= 0.6 is 0 Å². The van der Waals surface area contributed by atoms with Gasteiger partial charge in [0.05, 0.1) is 12.3 Å². The molecule has 1 heterocycles. The number of rotatable bonds is 8. The quantitative estimate of drug-likeness (QED) is 0.724. The molecule has 0 aliphatic carbocycles. The molecule has 1 aromatic carbocycles. The Morgan fingerprint density at radius 1 is 1.41 bits per heavy atom. The number of aryl methyl sites for hydroxylation is 1. The van der Waals surface area contributed by atoms with Crippen LogP contribution < -0.4 is 15.4 Å². The molecule has 1 atom stereocenters. The van der Waals surface area contributed by atoms with Gasteiger partial charge in [0.2, 0.25) is 5.91 Å². The zero-order valence-corrected chi connectivity index (χ0v) is 13.5. The van der Waals surface area contributed by atoms with Gasteiger partial charge in [0, 0.05) is 13.5 Å². The Morgan fingerprint density at radius 3 is 3.00 bits per heavy atom. The molecule has 2 N–H and O–H groups in total. The number of ether oxygens (including phenoxy) is 2. The number of carbonyl (C=O) groups is 1. The SMILES string of the molecule is COCCOc1cc(C)ccc1NC(=O)CCC1CCNC1. The van der Waals surface area contributed by atoms with Gasteiger partial charge in [-0.25, -0.2) is 0 Å². The van der Waals surface area contributed by atoms with Crippen molar-refractivity contribution in [1.82, 2.24) is 5.32 Å². The lowest BCUT2D eigenvalue weighted by atomic mass is 10.0. The predicted molar refractivity (Wildman–Crippen MR) is 87.4 cm³/mol. The molecule has 1 aliphatic rings. The Hall–Kier alpha value is -1.59. The fourth-order valence-corrected chi connectivity index (χ4v) is 2.60. The van der Waals surface area contributed by atoms with Gasteiger partial charge in [0.15, 0.2) is 0 Å². The van der Waals surface area contributed by atoms with Crippen LogP contribution in [-0.2, 0) is 9.53 Å². The molecule has 0 spiro atoms. The minimum atomic E-state index is 0.0485. The van der Waals surface area contributed by atoms with Crippen molar-refractivity contribution in [2.24, 2.45) is 5.92 Å². The predicted octanol–water partition coefficient (Wildman–Crippen LogP) is 2.35. The molecule has 1 aromatic rings. The van der Waals surface area contributed by atoms with Crippen LogP contribution in [0.15, 0.2) is 18.2 Å². The zero-order chi connectivity index (χ0) is 15.8. The monoisotopic (exact) mass is 306 g/mol. The first-order valence-corrected chi connectivity index (χ1v) is 7.92. The Kier molecular flexibility index (Phi) is 6.68. The second kappa shape index (κ2) is 8.76. The van der Waals surface area contributed by atoms with Crippen molar-refractivity contribution in [2.45, 2.75) is 26.2 Å². The maximum atomic E-state index is 12.1. The van der Waals surface area contributed by atoms with Gasteiger partial charge in [0.25, 0.3) is 0 Å². The van der Waals surface area contributed by atoms with E-state index < -0.39 is 0 Å². The largest absolute Gasteiger partial charge is 0.489 e. The molecule has 5 nitrogen and oxygen atoms in total. The summed E-state index contributed by atoms with van der Waals surface area (Å²) in [4.78, 5) is 12.1. The van der Waals surface area contributed by atoms with Crippen LogP contribution in [0.25, 0.3) is 0 Å².